The number of ether oxygens (including phenoxy) is 2. The minimum Gasteiger partial charge on any atom is -0.496 e. The van der Waals surface area contributed by atoms with E-state index in [-0.39, 0.29) is 11.9 Å². The Morgan fingerprint density at radius 3 is 2.86 bits per heavy atom. The predicted octanol–water partition coefficient (Wildman–Crippen LogP) is 1.33. The average Bonchev–Trinajstić information content (AvgIpc) is 2.79. The Labute approximate surface area is 126 Å². The quantitative estimate of drug-likeness (QED) is 0.909. The van der Waals surface area contributed by atoms with E-state index in [2.05, 4.69) is 0 Å². The zero-order chi connectivity index (χ0) is 15.6. The van der Waals surface area contributed by atoms with Gasteiger partial charge in [-0.15, -0.1) is 0 Å². The number of nitrogens with two attached hydrogens (primary N) is 1. The Bertz CT molecular complexity index is 532. The highest BCUT2D eigenvalue weighted by molar-refractivity contribution is 5.83. The Hall–Kier alpha value is -1.59. The highest BCUT2D eigenvalue weighted by atomic mass is 16.5. The lowest BCUT2D eigenvalue weighted by Crippen LogP contribution is -2.50. The van der Waals surface area contributed by atoms with E-state index in [0.29, 0.717) is 19.8 Å². The molecule has 1 aliphatic heterocycles. The van der Waals surface area contributed by atoms with Crippen molar-refractivity contribution < 1.29 is 14.3 Å². The molecule has 116 valence electrons. The SMILES string of the molecule is COc1ccc(C)cc1CN(C)C(=O)C1(C)COCC1N. The summed E-state index contributed by atoms with van der Waals surface area (Å²) in [6.45, 7) is 5.20. The summed E-state index contributed by atoms with van der Waals surface area (Å²) in [7, 11) is 3.43. The Morgan fingerprint density at radius 2 is 2.29 bits per heavy atom. The van der Waals surface area contributed by atoms with E-state index in [1.54, 1.807) is 19.1 Å². The van der Waals surface area contributed by atoms with Gasteiger partial charge < -0.3 is 20.1 Å². The van der Waals surface area contributed by atoms with Crippen LogP contribution in [0.5, 0.6) is 5.75 Å². The summed E-state index contributed by atoms with van der Waals surface area (Å²) in [4.78, 5) is 14.4. The number of carbonyl (C=O) groups excluding carboxylic acids is 1. The van der Waals surface area contributed by atoms with Crippen LogP contribution >= 0.6 is 0 Å². The fraction of sp³-hybridized carbons (Fsp3) is 0.562. The van der Waals surface area contributed by atoms with E-state index in [1.807, 2.05) is 32.0 Å². The topological polar surface area (TPSA) is 64.8 Å². The maximum absolute atomic E-state index is 12.7. The molecule has 0 bridgehead atoms. The van der Waals surface area contributed by atoms with Gasteiger partial charge in [-0.05, 0) is 19.9 Å². The van der Waals surface area contributed by atoms with Gasteiger partial charge >= 0.3 is 0 Å². The fourth-order valence-electron chi connectivity index (χ4n) is 2.70. The Morgan fingerprint density at radius 1 is 1.57 bits per heavy atom. The first-order chi connectivity index (χ1) is 9.88. The molecule has 0 saturated carbocycles. The summed E-state index contributed by atoms with van der Waals surface area (Å²) < 4.78 is 10.7. The smallest absolute Gasteiger partial charge is 0.232 e. The van der Waals surface area contributed by atoms with E-state index < -0.39 is 5.41 Å². The second-order valence-electron chi connectivity index (χ2n) is 6.02. The zero-order valence-corrected chi connectivity index (χ0v) is 13.2. The highest BCUT2D eigenvalue weighted by Crippen LogP contribution is 2.30. The van der Waals surface area contributed by atoms with Crippen molar-refractivity contribution in [2.75, 3.05) is 27.4 Å². The number of rotatable bonds is 4. The number of nitrogens with zero attached hydrogens (tertiary/aromatic N) is 1. The molecule has 1 aromatic carbocycles. The van der Waals surface area contributed by atoms with Gasteiger partial charge in [0.05, 0.1) is 25.7 Å². The van der Waals surface area contributed by atoms with Gasteiger partial charge in [-0.3, -0.25) is 4.79 Å². The van der Waals surface area contributed by atoms with Crippen molar-refractivity contribution >= 4 is 5.91 Å². The van der Waals surface area contributed by atoms with Crippen LogP contribution in [0.25, 0.3) is 0 Å². The lowest BCUT2D eigenvalue weighted by atomic mass is 9.84. The van der Waals surface area contributed by atoms with Crippen LogP contribution in [0.3, 0.4) is 0 Å². The number of carbonyl (C=O) groups is 1. The fourth-order valence-corrected chi connectivity index (χ4v) is 2.70. The predicted molar refractivity (Wildman–Crippen MR) is 81.1 cm³/mol. The monoisotopic (exact) mass is 292 g/mol. The van der Waals surface area contributed by atoms with Crippen molar-refractivity contribution in [3.63, 3.8) is 0 Å². The van der Waals surface area contributed by atoms with Gasteiger partial charge in [0, 0.05) is 25.2 Å². The molecule has 0 aliphatic carbocycles. The minimum atomic E-state index is -0.647. The number of benzene rings is 1. The van der Waals surface area contributed by atoms with Gasteiger partial charge in [0.15, 0.2) is 0 Å². The summed E-state index contributed by atoms with van der Waals surface area (Å²) in [6.07, 6.45) is 0. The molecule has 2 rings (SSSR count). The summed E-state index contributed by atoms with van der Waals surface area (Å²) in [6, 6.07) is 5.70. The van der Waals surface area contributed by atoms with Crippen LogP contribution in [0.2, 0.25) is 0 Å². The number of hydrogen-bond acceptors (Lipinski definition) is 4. The highest BCUT2D eigenvalue weighted by Gasteiger charge is 2.45. The molecule has 0 aromatic heterocycles. The summed E-state index contributed by atoms with van der Waals surface area (Å²) in [5.41, 5.74) is 7.51. The molecule has 2 unspecified atom stereocenters. The van der Waals surface area contributed by atoms with Crippen molar-refractivity contribution in [3.8, 4) is 5.75 Å². The van der Waals surface area contributed by atoms with Crippen molar-refractivity contribution in [1.82, 2.24) is 4.90 Å². The van der Waals surface area contributed by atoms with Gasteiger partial charge in [0.25, 0.3) is 0 Å². The van der Waals surface area contributed by atoms with Gasteiger partial charge in [-0.25, -0.2) is 0 Å². The van der Waals surface area contributed by atoms with Crippen LogP contribution in [-0.4, -0.2) is 44.2 Å². The van der Waals surface area contributed by atoms with E-state index in [0.717, 1.165) is 16.9 Å². The molecule has 5 nitrogen and oxygen atoms in total. The van der Waals surface area contributed by atoms with Crippen LogP contribution in [0.15, 0.2) is 18.2 Å². The Kier molecular flexibility index (Phi) is 4.54. The van der Waals surface area contributed by atoms with Crippen molar-refractivity contribution in [1.29, 1.82) is 0 Å². The lowest BCUT2D eigenvalue weighted by molar-refractivity contribution is -0.141. The first-order valence-electron chi connectivity index (χ1n) is 7.11. The van der Waals surface area contributed by atoms with Crippen LogP contribution in [0.4, 0.5) is 0 Å². The summed E-state index contributed by atoms with van der Waals surface area (Å²) in [5.74, 6) is 0.799. The standard InChI is InChI=1S/C16H24N2O3/c1-11-5-6-13(20-4)12(7-11)8-18(3)15(19)16(2)10-21-9-14(16)17/h5-7,14H,8-10,17H2,1-4H3. The molecule has 0 spiro atoms. The summed E-state index contributed by atoms with van der Waals surface area (Å²) >= 11 is 0. The van der Waals surface area contributed by atoms with Crippen LogP contribution < -0.4 is 10.5 Å². The molecule has 5 heteroatoms. The minimum absolute atomic E-state index is 0.0102. The molecule has 2 N–H and O–H groups in total. The first-order valence-corrected chi connectivity index (χ1v) is 7.11. The van der Waals surface area contributed by atoms with E-state index in [1.165, 1.54) is 0 Å². The largest absolute Gasteiger partial charge is 0.496 e. The second kappa shape index (κ2) is 6.03. The second-order valence-corrected chi connectivity index (χ2v) is 6.02. The molecule has 1 amide bonds. The molecule has 1 saturated heterocycles. The third kappa shape index (κ3) is 3.04. The van der Waals surface area contributed by atoms with Gasteiger partial charge in [-0.2, -0.15) is 0 Å². The molecule has 1 heterocycles. The molecule has 0 radical (unpaired) electrons. The molecule has 21 heavy (non-hydrogen) atoms. The number of hydrogen-bond donors (Lipinski definition) is 1. The molecule has 1 aromatic rings. The number of aryl methyl sites for hydroxylation is 1. The third-order valence-corrected chi connectivity index (χ3v) is 4.20. The average molecular weight is 292 g/mol. The lowest BCUT2D eigenvalue weighted by Gasteiger charge is -2.31. The van der Waals surface area contributed by atoms with Gasteiger partial charge in [-0.1, -0.05) is 17.7 Å². The van der Waals surface area contributed by atoms with Crippen molar-refractivity contribution in [2.45, 2.75) is 26.4 Å². The van der Waals surface area contributed by atoms with Crippen LogP contribution in [0, 0.1) is 12.3 Å². The zero-order valence-electron chi connectivity index (χ0n) is 13.2. The van der Waals surface area contributed by atoms with E-state index >= 15 is 0 Å². The van der Waals surface area contributed by atoms with E-state index in [9.17, 15) is 4.79 Å². The normalized spacial score (nSPS) is 24.9. The maximum Gasteiger partial charge on any atom is 0.232 e. The van der Waals surface area contributed by atoms with Gasteiger partial charge in [0.2, 0.25) is 5.91 Å². The van der Waals surface area contributed by atoms with E-state index in [4.69, 9.17) is 15.2 Å². The van der Waals surface area contributed by atoms with Crippen molar-refractivity contribution in [3.05, 3.63) is 29.3 Å². The van der Waals surface area contributed by atoms with Crippen LogP contribution in [0.1, 0.15) is 18.1 Å². The molecular weight excluding hydrogens is 268 g/mol. The Balaban J connectivity index is 2.16. The summed E-state index contributed by atoms with van der Waals surface area (Å²) in [5, 5.41) is 0. The molecule has 1 fully saturated rings. The maximum atomic E-state index is 12.7. The van der Waals surface area contributed by atoms with Crippen LogP contribution in [-0.2, 0) is 16.1 Å². The first kappa shape index (κ1) is 15.8. The number of amides is 1. The van der Waals surface area contributed by atoms with Crippen molar-refractivity contribution in [2.24, 2.45) is 11.1 Å². The third-order valence-electron chi connectivity index (χ3n) is 4.20. The molecule has 1 aliphatic rings. The molecular formula is C16H24N2O3. The molecule has 2 atom stereocenters. The van der Waals surface area contributed by atoms with Gasteiger partial charge in [0.1, 0.15) is 5.75 Å². The number of methoxy groups -OCH3 is 1.